The van der Waals surface area contributed by atoms with Crippen molar-refractivity contribution in [3.05, 3.63) is 23.8 Å². The van der Waals surface area contributed by atoms with Gasteiger partial charge in [-0.25, -0.2) is 0 Å². The fourth-order valence-electron chi connectivity index (χ4n) is 4.34. The molecule has 2 fully saturated rings. The molecule has 0 aromatic heterocycles. The summed E-state index contributed by atoms with van der Waals surface area (Å²) in [6, 6.07) is 5.89. The molecule has 0 spiro atoms. The van der Waals surface area contributed by atoms with Gasteiger partial charge in [-0.2, -0.15) is 0 Å². The van der Waals surface area contributed by atoms with E-state index < -0.39 is 0 Å². The maximum absolute atomic E-state index is 13.2. The molecule has 29 heavy (non-hydrogen) atoms. The first-order chi connectivity index (χ1) is 14.1. The molecular formula is C24H37N3O2. The van der Waals surface area contributed by atoms with Gasteiger partial charge < -0.3 is 15.1 Å². The molecule has 1 aromatic carbocycles. The minimum absolute atomic E-state index is 0.0419. The van der Waals surface area contributed by atoms with Gasteiger partial charge in [0.25, 0.3) is 5.91 Å². The number of anilines is 2. The maximum atomic E-state index is 13.2. The number of unbranched alkanes of at least 4 members (excludes halogenated alkanes) is 3. The Morgan fingerprint density at radius 3 is 2.45 bits per heavy atom. The lowest BCUT2D eigenvalue weighted by Gasteiger charge is -2.34. The lowest BCUT2D eigenvalue weighted by atomic mass is 9.97. The van der Waals surface area contributed by atoms with E-state index in [0.29, 0.717) is 6.42 Å². The molecule has 2 aliphatic rings. The molecule has 0 bridgehead atoms. The van der Waals surface area contributed by atoms with Gasteiger partial charge in [0.05, 0.1) is 5.56 Å². The number of carbonyl (C=O) groups is 2. The van der Waals surface area contributed by atoms with Crippen molar-refractivity contribution in [3.63, 3.8) is 0 Å². The van der Waals surface area contributed by atoms with Crippen LogP contribution in [0.4, 0.5) is 11.4 Å². The van der Waals surface area contributed by atoms with Crippen molar-refractivity contribution < 1.29 is 9.59 Å². The molecule has 0 radical (unpaired) electrons. The summed E-state index contributed by atoms with van der Waals surface area (Å²) in [5.74, 6) is 0.894. The number of nitrogens with one attached hydrogen (secondary N) is 1. The fraction of sp³-hybridized carbons (Fsp3) is 0.667. The number of benzene rings is 1. The van der Waals surface area contributed by atoms with Crippen LogP contribution in [0.1, 0.15) is 82.0 Å². The first-order valence-electron chi connectivity index (χ1n) is 11.6. The van der Waals surface area contributed by atoms with Crippen LogP contribution in [-0.4, -0.2) is 42.9 Å². The molecule has 2 amide bonds. The lowest BCUT2D eigenvalue weighted by molar-refractivity contribution is -0.116. The molecule has 5 heteroatoms. The summed E-state index contributed by atoms with van der Waals surface area (Å²) in [5.41, 5.74) is 2.50. The number of amides is 2. The van der Waals surface area contributed by atoms with Crippen LogP contribution in [0.3, 0.4) is 0 Å². The summed E-state index contributed by atoms with van der Waals surface area (Å²) < 4.78 is 0. The van der Waals surface area contributed by atoms with Crippen LogP contribution in [0.2, 0.25) is 0 Å². The highest BCUT2D eigenvalue weighted by Crippen LogP contribution is 2.30. The van der Waals surface area contributed by atoms with Crippen LogP contribution in [0, 0.1) is 5.92 Å². The van der Waals surface area contributed by atoms with Gasteiger partial charge in [-0.15, -0.1) is 0 Å². The number of nitrogens with zero attached hydrogens (tertiary/aromatic N) is 2. The van der Waals surface area contributed by atoms with Crippen LogP contribution in [0.5, 0.6) is 0 Å². The summed E-state index contributed by atoms with van der Waals surface area (Å²) in [6.07, 6.45) is 9.37. The Bertz CT molecular complexity index is 689. The van der Waals surface area contributed by atoms with Gasteiger partial charge in [0.1, 0.15) is 0 Å². The number of likely N-dealkylation sites (tertiary alicyclic amines) is 1. The lowest BCUT2D eigenvalue weighted by Crippen LogP contribution is -2.35. The van der Waals surface area contributed by atoms with E-state index in [1.807, 2.05) is 23.1 Å². The normalized spacial score (nSPS) is 17.6. The SMILES string of the molecule is CCCCCCC(=O)Nc1ccc(N2CCC(C)CC2)c(C(=O)N2CCCC2)c1. The second-order valence-electron chi connectivity index (χ2n) is 8.76. The van der Waals surface area contributed by atoms with E-state index in [4.69, 9.17) is 0 Å². The van der Waals surface area contributed by atoms with E-state index in [1.165, 1.54) is 12.8 Å². The molecule has 2 aliphatic heterocycles. The van der Waals surface area contributed by atoms with Crippen molar-refractivity contribution in [3.8, 4) is 0 Å². The van der Waals surface area contributed by atoms with E-state index in [2.05, 4.69) is 24.1 Å². The molecule has 0 saturated carbocycles. The Balaban J connectivity index is 1.74. The van der Waals surface area contributed by atoms with Gasteiger partial charge in [-0.3, -0.25) is 9.59 Å². The summed E-state index contributed by atoms with van der Waals surface area (Å²) in [5, 5.41) is 3.01. The Morgan fingerprint density at radius 1 is 1.03 bits per heavy atom. The second-order valence-corrected chi connectivity index (χ2v) is 8.76. The van der Waals surface area contributed by atoms with Gasteiger partial charge in [0.15, 0.2) is 0 Å². The molecule has 5 nitrogen and oxygen atoms in total. The molecule has 2 heterocycles. The first kappa shape index (κ1) is 21.7. The van der Waals surface area contributed by atoms with Crippen LogP contribution in [-0.2, 0) is 4.79 Å². The van der Waals surface area contributed by atoms with Gasteiger partial charge in [-0.1, -0.05) is 33.1 Å². The Hall–Kier alpha value is -2.04. The zero-order chi connectivity index (χ0) is 20.6. The van der Waals surface area contributed by atoms with Crippen LogP contribution in [0.15, 0.2) is 18.2 Å². The maximum Gasteiger partial charge on any atom is 0.256 e. The van der Waals surface area contributed by atoms with Gasteiger partial charge in [0.2, 0.25) is 5.91 Å². The summed E-state index contributed by atoms with van der Waals surface area (Å²) in [4.78, 5) is 29.9. The third kappa shape index (κ3) is 5.97. The van der Waals surface area contributed by atoms with E-state index in [1.54, 1.807) is 0 Å². The second kappa shape index (κ2) is 10.7. The van der Waals surface area contributed by atoms with Gasteiger partial charge in [-0.05, 0) is 56.2 Å². The Kier molecular flexibility index (Phi) is 7.96. The quantitative estimate of drug-likeness (QED) is 0.621. The molecule has 1 N–H and O–H groups in total. The molecule has 160 valence electrons. The number of piperidine rings is 1. The minimum Gasteiger partial charge on any atom is -0.371 e. The molecule has 0 unspecified atom stereocenters. The molecule has 2 saturated heterocycles. The third-order valence-electron chi connectivity index (χ3n) is 6.29. The molecular weight excluding hydrogens is 362 g/mol. The van der Waals surface area contributed by atoms with Crippen LogP contribution >= 0.6 is 0 Å². The predicted molar refractivity (Wildman–Crippen MR) is 120 cm³/mol. The summed E-state index contributed by atoms with van der Waals surface area (Å²) in [6.45, 7) is 8.12. The van der Waals surface area contributed by atoms with Crippen molar-refractivity contribution in [2.24, 2.45) is 5.92 Å². The van der Waals surface area contributed by atoms with E-state index in [0.717, 1.165) is 87.6 Å². The molecule has 3 rings (SSSR count). The Morgan fingerprint density at radius 2 is 1.76 bits per heavy atom. The van der Waals surface area contributed by atoms with Crippen molar-refractivity contribution in [1.29, 1.82) is 0 Å². The standard InChI is InChI=1S/C24H37N3O2/c1-3-4-5-6-9-23(28)25-20-10-11-22(26-16-12-19(2)13-17-26)21(18-20)24(29)27-14-7-8-15-27/h10-11,18-19H,3-9,12-17H2,1-2H3,(H,25,28). The number of hydrogen-bond donors (Lipinski definition) is 1. The highest BCUT2D eigenvalue weighted by molar-refractivity contribution is 6.02. The smallest absolute Gasteiger partial charge is 0.256 e. The highest BCUT2D eigenvalue weighted by Gasteiger charge is 2.26. The average molecular weight is 400 g/mol. The number of carbonyl (C=O) groups excluding carboxylic acids is 2. The summed E-state index contributed by atoms with van der Waals surface area (Å²) in [7, 11) is 0. The third-order valence-corrected chi connectivity index (χ3v) is 6.29. The predicted octanol–water partition coefficient (Wildman–Crippen LogP) is 5.07. The molecule has 0 atom stereocenters. The van der Waals surface area contributed by atoms with E-state index in [9.17, 15) is 9.59 Å². The minimum atomic E-state index is 0.0419. The Labute approximate surface area is 175 Å². The molecule has 1 aromatic rings. The van der Waals surface area contributed by atoms with Crippen molar-refractivity contribution in [2.45, 2.75) is 71.6 Å². The zero-order valence-electron chi connectivity index (χ0n) is 18.2. The van der Waals surface area contributed by atoms with Crippen molar-refractivity contribution >= 4 is 23.2 Å². The number of rotatable bonds is 8. The summed E-state index contributed by atoms with van der Waals surface area (Å²) >= 11 is 0. The van der Waals surface area contributed by atoms with Gasteiger partial charge in [0, 0.05) is 44.0 Å². The van der Waals surface area contributed by atoms with E-state index >= 15 is 0 Å². The number of hydrogen-bond acceptors (Lipinski definition) is 3. The highest BCUT2D eigenvalue weighted by atomic mass is 16.2. The van der Waals surface area contributed by atoms with E-state index in [-0.39, 0.29) is 11.8 Å². The molecule has 0 aliphatic carbocycles. The largest absolute Gasteiger partial charge is 0.371 e. The van der Waals surface area contributed by atoms with Crippen LogP contribution in [0.25, 0.3) is 0 Å². The average Bonchev–Trinajstić information content (AvgIpc) is 3.26. The fourth-order valence-corrected chi connectivity index (χ4v) is 4.34. The first-order valence-corrected chi connectivity index (χ1v) is 11.6. The zero-order valence-corrected chi connectivity index (χ0v) is 18.2. The monoisotopic (exact) mass is 399 g/mol. The van der Waals surface area contributed by atoms with Crippen molar-refractivity contribution in [2.75, 3.05) is 36.4 Å². The van der Waals surface area contributed by atoms with Gasteiger partial charge >= 0.3 is 0 Å². The van der Waals surface area contributed by atoms with Crippen LogP contribution < -0.4 is 10.2 Å². The van der Waals surface area contributed by atoms with Crippen molar-refractivity contribution in [1.82, 2.24) is 4.90 Å². The topological polar surface area (TPSA) is 52.7 Å².